The first-order valence-corrected chi connectivity index (χ1v) is 3.59. The molecule has 64 valence electrons. The van der Waals surface area contributed by atoms with E-state index in [9.17, 15) is 9.18 Å². The first kappa shape index (κ1) is 8.87. The van der Waals surface area contributed by atoms with Crippen molar-refractivity contribution in [3.8, 4) is 0 Å². The standard InChI is InChI=1S/C9H9FO2/c10-6-8(11)9(12)7-4-2-1-3-5-7/h1-5,8,11H,6H2. The Bertz CT molecular complexity index is 258. The number of hydrogen-bond acceptors (Lipinski definition) is 2. The molecule has 0 heterocycles. The monoisotopic (exact) mass is 168 g/mol. The van der Waals surface area contributed by atoms with Gasteiger partial charge in [0.05, 0.1) is 0 Å². The molecule has 1 unspecified atom stereocenters. The minimum absolute atomic E-state index is 0.336. The van der Waals surface area contributed by atoms with Crippen molar-refractivity contribution in [2.45, 2.75) is 6.10 Å². The third-order valence-corrected chi connectivity index (χ3v) is 1.51. The van der Waals surface area contributed by atoms with Crippen molar-refractivity contribution in [1.29, 1.82) is 0 Å². The van der Waals surface area contributed by atoms with Gasteiger partial charge < -0.3 is 5.11 Å². The normalized spacial score (nSPS) is 12.5. The van der Waals surface area contributed by atoms with Crippen LogP contribution in [0.15, 0.2) is 30.3 Å². The lowest BCUT2D eigenvalue weighted by Crippen LogP contribution is -2.22. The van der Waals surface area contributed by atoms with Gasteiger partial charge in [0.25, 0.3) is 0 Å². The van der Waals surface area contributed by atoms with E-state index in [1.54, 1.807) is 30.3 Å². The van der Waals surface area contributed by atoms with Crippen LogP contribution in [0, 0.1) is 0 Å². The molecule has 3 heteroatoms. The van der Waals surface area contributed by atoms with Gasteiger partial charge in [-0.1, -0.05) is 30.3 Å². The predicted octanol–water partition coefficient (Wildman–Crippen LogP) is 1.20. The van der Waals surface area contributed by atoms with Crippen molar-refractivity contribution in [3.63, 3.8) is 0 Å². The zero-order valence-electron chi connectivity index (χ0n) is 6.40. The summed E-state index contributed by atoms with van der Waals surface area (Å²) in [6.07, 6.45) is -1.52. The van der Waals surface area contributed by atoms with Crippen LogP contribution in [0.2, 0.25) is 0 Å². The van der Waals surface area contributed by atoms with E-state index >= 15 is 0 Å². The second-order valence-electron chi connectivity index (χ2n) is 2.40. The fraction of sp³-hybridized carbons (Fsp3) is 0.222. The first-order chi connectivity index (χ1) is 5.75. The average Bonchev–Trinajstić information content (AvgIpc) is 2.17. The number of carbonyl (C=O) groups is 1. The Balaban J connectivity index is 2.79. The van der Waals surface area contributed by atoms with E-state index in [4.69, 9.17) is 5.11 Å². The lowest BCUT2D eigenvalue weighted by Gasteiger charge is -2.03. The maximum absolute atomic E-state index is 11.9. The molecular weight excluding hydrogens is 159 g/mol. The Labute approximate surface area is 69.6 Å². The summed E-state index contributed by atoms with van der Waals surface area (Å²) in [5, 5.41) is 8.86. The molecule has 1 rings (SSSR count). The lowest BCUT2D eigenvalue weighted by atomic mass is 10.1. The number of benzene rings is 1. The summed E-state index contributed by atoms with van der Waals surface area (Å²) in [4.78, 5) is 11.1. The third kappa shape index (κ3) is 1.89. The summed E-state index contributed by atoms with van der Waals surface area (Å²) >= 11 is 0. The molecule has 1 N–H and O–H groups in total. The van der Waals surface area contributed by atoms with Crippen LogP contribution in [-0.2, 0) is 0 Å². The Hall–Kier alpha value is -1.22. The van der Waals surface area contributed by atoms with Gasteiger partial charge in [-0.15, -0.1) is 0 Å². The van der Waals surface area contributed by atoms with E-state index < -0.39 is 18.6 Å². The number of aliphatic hydroxyl groups is 1. The fourth-order valence-electron chi connectivity index (χ4n) is 0.865. The largest absolute Gasteiger partial charge is 0.382 e. The van der Waals surface area contributed by atoms with Gasteiger partial charge in [0, 0.05) is 5.56 Å². The highest BCUT2D eigenvalue weighted by Gasteiger charge is 2.15. The summed E-state index contributed by atoms with van der Waals surface area (Å²) < 4.78 is 11.9. The topological polar surface area (TPSA) is 37.3 Å². The summed E-state index contributed by atoms with van der Waals surface area (Å²) in [6, 6.07) is 8.16. The van der Waals surface area contributed by atoms with Crippen LogP contribution in [0.1, 0.15) is 10.4 Å². The van der Waals surface area contributed by atoms with Gasteiger partial charge in [0.2, 0.25) is 0 Å². The molecule has 0 aromatic heterocycles. The number of halogens is 1. The smallest absolute Gasteiger partial charge is 0.193 e. The van der Waals surface area contributed by atoms with Crippen molar-refractivity contribution in [2.75, 3.05) is 6.67 Å². The van der Waals surface area contributed by atoms with E-state index in [2.05, 4.69) is 0 Å². The molecule has 0 saturated heterocycles. The average molecular weight is 168 g/mol. The summed E-state index contributed by atoms with van der Waals surface area (Å²) in [5.41, 5.74) is 0.336. The molecule has 1 atom stereocenters. The molecule has 0 amide bonds. The van der Waals surface area contributed by atoms with Crippen LogP contribution in [0.25, 0.3) is 0 Å². The van der Waals surface area contributed by atoms with Crippen molar-refractivity contribution < 1.29 is 14.3 Å². The Morgan fingerprint density at radius 3 is 2.50 bits per heavy atom. The molecule has 0 aliphatic rings. The Morgan fingerprint density at radius 2 is 2.00 bits per heavy atom. The Morgan fingerprint density at radius 1 is 1.42 bits per heavy atom. The molecule has 0 bridgehead atoms. The molecule has 1 aromatic rings. The van der Waals surface area contributed by atoms with E-state index in [0.717, 1.165) is 0 Å². The quantitative estimate of drug-likeness (QED) is 0.688. The number of carbonyl (C=O) groups excluding carboxylic acids is 1. The number of Topliss-reactive ketones (excluding diaryl/α,β-unsaturated/α-hetero) is 1. The maximum Gasteiger partial charge on any atom is 0.193 e. The van der Waals surface area contributed by atoms with Crippen LogP contribution in [-0.4, -0.2) is 23.7 Å². The summed E-state index contributed by atoms with van der Waals surface area (Å²) in [7, 11) is 0. The zero-order valence-corrected chi connectivity index (χ0v) is 6.40. The van der Waals surface area contributed by atoms with Gasteiger partial charge >= 0.3 is 0 Å². The number of rotatable bonds is 3. The third-order valence-electron chi connectivity index (χ3n) is 1.51. The van der Waals surface area contributed by atoms with E-state index in [1.165, 1.54) is 0 Å². The summed E-state index contributed by atoms with van der Waals surface area (Å²) in [5.74, 6) is -0.571. The molecular formula is C9H9FO2. The van der Waals surface area contributed by atoms with Crippen LogP contribution < -0.4 is 0 Å². The highest BCUT2D eigenvalue weighted by atomic mass is 19.1. The summed E-state index contributed by atoms with van der Waals surface area (Å²) in [6.45, 7) is -1.03. The number of aliphatic hydroxyl groups excluding tert-OH is 1. The molecule has 0 saturated carbocycles. The van der Waals surface area contributed by atoms with E-state index in [1.807, 2.05) is 0 Å². The zero-order chi connectivity index (χ0) is 8.97. The highest BCUT2D eigenvalue weighted by Crippen LogP contribution is 2.03. The molecule has 12 heavy (non-hydrogen) atoms. The lowest BCUT2D eigenvalue weighted by molar-refractivity contribution is 0.0693. The van der Waals surface area contributed by atoms with Crippen LogP contribution in [0.3, 0.4) is 0 Å². The highest BCUT2D eigenvalue weighted by molar-refractivity contribution is 5.99. The number of alkyl halides is 1. The van der Waals surface area contributed by atoms with Crippen LogP contribution in [0.5, 0.6) is 0 Å². The molecule has 0 aliphatic carbocycles. The van der Waals surface area contributed by atoms with Gasteiger partial charge in [0.15, 0.2) is 5.78 Å². The minimum atomic E-state index is -1.52. The minimum Gasteiger partial charge on any atom is -0.382 e. The SMILES string of the molecule is O=C(c1ccccc1)C(O)CF. The fourth-order valence-corrected chi connectivity index (χ4v) is 0.865. The van der Waals surface area contributed by atoms with Crippen molar-refractivity contribution in [1.82, 2.24) is 0 Å². The maximum atomic E-state index is 11.9. The van der Waals surface area contributed by atoms with E-state index in [0.29, 0.717) is 5.56 Å². The second-order valence-corrected chi connectivity index (χ2v) is 2.40. The van der Waals surface area contributed by atoms with Crippen molar-refractivity contribution in [3.05, 3.63) is 35.9 Å². The van der Waals surface area contributed by atoms with Gasteiger partial charge in [-0.2, -0.15) is 0 Å². The van der Waals surface area contributed by atoms with Gasteiger partial charge in [-0.3, -0.25) is 4.79 Å². The van der Waals surface area contributed by atoms with Crippen LogP contribution >= 0.6 is 0 Å². The molecule has 0 fully saturated rings. The van der Waals surface area contributed by atoms with Crippen LogP contribution in [0.4, 0.5) is 4.39 Å². The molecule has 2 nitrogen and oxygen atoms in total. The van der Waals surface area contributed by atoms with Crippen molar-refractivity contribution >= 4 is 5.78 Å². The second kappa shape index (κ2) is 3.97. The molecule has 0 aliphatic heterocycles. The molecule has 0 radical (unpaired) electrons. The predicted molar refractivity (Wildman–Crippen MR) is 42.8 cm³/mol. The van der Waals surface area contributed by atoms with Crippen molar-refractivity contribution in [2.24, 2.45) is 0 Å². The van der Waals surface area contributed by atoms with Gasteiger partial charge in [-0.25, -0.2) is 4.39 Å². The molecule has 1 aromatic carbocycles. The molecule has 0 spiro atoms. The number of hydrogen-bond donors (Lipinski definition) is 1. The Kier molecular flexibility index (Phi) is 2.94. The first-order valence-electron chi connectivity index (χ1n) is 3.59. The van der Waals surface area contributed by atoms with Gasteiger partial charge in [0.1, 0.15) is 12.8 Å². The number of ketones is 1. The van der Waals surface area contributed by atoms with Gasteiger partial charge in [-0.05, 0) is 0 Å². The van der Waals surface area contributed by atoms with E-state index in [-0.39, 0.29) is 0 Å².